The second kappa shape index (κ2) is 4.99. The fraction of sp³-hybridized carbons (Fsp3) is 0.571. The summed E-state index contributed by atoms with van der Waals surface area (Å²) in [6.45, 7) is 2.58. The Balaban J connectivity index is 2.43. The molecule has 0 atom stereocenters. The highest BCUT2D eigenvalue weighted by atomic mass is 79.9. The lowest BCUT2D eigenvalue weighted by molar-refractivity contribution is 0.299. The number of benzene rings is 1. The van der Waals surface area contributed by atoms with Crippen LogP contribution in [0.2, 0.25) is 0 Å². The minimum atomic E-state index is 0.0753. The van der Waals surface area contributed by atoms with Crippen LogP contribution < -0.4 is 5.73 Å². The van der Waals surface area contributed by atoms with Gasteiger partial charge in [0, 0.05) is 22.0 Å². The molecule has 3 N–H and O–H groups in total. The van der Waals surface area contributed by atoms with Crippen LogP contribution in [0.3, 0.4) is 0 Å². The molecule has 2 rings (SSSR count). The van der Waals surface area contributed by atoms with Gasteiger partial charge >= 0.3 is 0 Å². The van der Waals surface area contributed by atoms with Gasteiger partial charge in [0.15, 0.2) is 0 Å². The molecule has 0 amide bonds. The normalized spacial score (nSPS) is 19.2. The molecular weight excluding hydrogens is 278 g/mol. The van der Waals surface area contributed by atoms with Gasteiger partial charge in [-0.1, -0.05) is 35.2 Å². The first-order valence-electron chi connectivity index (χ1n) is 6.29. The largest absolute Gasteiger partial charge is 0.508 e. The average molecular weight is 298 g/mol. The predicted octanol–water partition coefficient (Wildman–Crippen LogP) is 3.62. The summed E-state index contributed by atoms with van der Waals surface area (Å²) < 4.78 is 0.978. The van der Waals surface area contributed by atoms with Crippen molar-refractivity contribution in [3.05, 3.63) is 27.7 Å². The van der Waals surface area contributed by atoms with E-state index in [9.17, 15) is 5.11 Å². The molecular formula is C14H20BrNO. The molecule has 17 heavy (non-hydrogen) atoms. The molecule has 3 heteroatoms. The van der Waals surface area contributed by atoms with Crippen LogP contribution >= 0.6 is 15.9 Å². The van der Waals surface area contributed by atoms with Gasteiger partial charge in [-0.25, -0.2) is 0 Å². The van der Waals surface area contributed by atoms with Crippen LogP contribution in [0, 0.1) is 6.92 Å². The van der Waals surface area contributed by atoms with Crippen molar-refractivity contribution in [1.82, 2.24) is 0 Å². The molecule has 2 nitrogen and oxygen atoms in total. The van der Waals surface area contributed by atoms with Crippen LogP contribution in [0.25, 0.3) is 0 Å². The van der Waals surface area contributed by atoms with Crippen molar-refractivity contribution in [2.45, 2.75) is 44.4 Å². The third-order valence-corrected chi connectivity index (χ3v) is 4.95. The second-order valence-electron chi connectivity index (χ2n) is 5.15. The number of hydrogen-bond donors (Lipinski definition) is 2. The third-order valence-electron chi connectivity index (χ3n) is 4.13. The van der Waals surface area contributed by atoms with Gasteiger partial charge in [-0.05, 0) is 37.5 Å². The van der Waals surface area contributed by atoms with Crippen molar-refractivity contribution >= 4 is 15.9 Å². The fourth-order valence-electron chi connectivity index (χ4n) is 2.81. The lowest BCUT2D eigenvalue weighted by Gasteiger charge is -2.37. The molecule has 94 valence electrons. The van der Waals surface area contributed by atoms with Gasteiger partial charge in [0.2, 0.25) is 0 Å². The van der Waals surface area contributed by atoms with E-state index in [4.69, 9.17) is 5.73 Å². The maximum atomic E-state index is 9.95. The number of halogens is 1. The van der Waals surface area contributed by atoms with E-state index >= 15 is 0 Å². The first-order chi connectivity index (χ1) is 8.09. The van der Waals surface area contributed by atoms with Crippen molar-refractivity contribution in [1.29, 1.82) is 0 Å². The van der Waals surface area contributed by atoms with Gasteiger partial charge in [0.1, 0.15) is 5.75 Å². The smallest absolute Gasteiger partial charge is 0.119 e. The Kier molecular flexibility index (Phi) is 3.79. The summed E-state index contributed by atoms with van der Waals surface area (Å²) in [6.07, 6.45) is 6.06. The zero-order chi connectivity index (χ0) is 12.5. The van der Waals surface area contributed by atoms with E-state index in [0.717, 1.165) is 22.9 Å². The Hall–Kier alpha value is -0.540. The maximum absolute atomic E-state index is 9.95. The SMILES string of the molecule is Cc1c(O)cc(C2(CN)CCCCC2)cc1Br. The molecule has 1 aromatic rings. The minimum absolute atomic E-state index is 0.0753. The molecule has 0 unspecified atom stereocenters. The molecule has 0 saturated heterocycles. The first-order valence-corrected chi connectivity index (χ1v) is 7.08. The van der Waals surface area contributed by atoms with Crippen LogP contribution in [0.5, 0.6) is 5.75 Å². The van der Waals surface area contributed by atoms with Crippen LogP contribution in [0.15, 0.2) is 16.6 Å². The van der Waals surface area contributed by atoms with Gasteiger partial charge < -0.3 is 10.8 Å². The molecule has 0 aliphatic heterocycles. The molecule has 0 bridgehead atoms. The highest BCUT2D eigenvalue weighted by Crippen LogP contribution is 2.41. The molecule has 0 heterocycles. The average Bonchev–Trinajstić information content (AvgIpc) is 2.36. The molecule has 1 fully saturated rings. The Bertz CT molecular complexity index is 388. The van der Waals surface area contributed by atoms with Crippen LogP contribution in [-0.4, -0.2) is 11.7 Å². The van der Waals surface area contributed by atoms with E-state index in [1.807, 2.05) is 13.0 Å². The van der Waals surface area contributed by atoms with E-state index in [1.165, 1.54) is 24.8 Å². The van der Waals surface area contributed by atoms with E-state index in [1.54, 1.807) is 0 Å². The van der Waals surface area contributed by atoms with Gasteiger partial charge in [-0.15, -0.1) is 0 Å². The van der Waals surface area contributed by atoms with E-state index in [-0.39, 0.29) is 5.41 Å². The lowest BCUT2D eigenvalue weighted by Crippen LogP contribution is -2.37. The molecule has 1 aromatic carbocycles. The zero-order valence-electron chi connectivity index (χ0n) is 10.3. The maximum Gasteiger partial charge on any atom is 0.119 e. The van der Waals surface area contributed by atoms with E-state index in [0.29, 0.717) is 12.3 Å². The summed E-state index contributed by atoms with van der Waals surface area (Å²) in [5, 5.41) is 9.95. The topological polar surface area (TPSA) is 46.2 Å². The van der Waals surface area contributed by atoms with Crippen LogP contribution in [-0.2, 0) is 5.41 Å². The van der Waals surface area contributed by atoms with Gasteiger partial charge in [0.05, 0.1) is 0 Å². The summed E-state index contributed by atoms with van der Waals surface area (Å²) in [5.41, 5.74) is 8.18. The summed E-state index contributed by atoms with van der Waals surface area (Å²) in [4.78, 5) is 0. The van der Waals surface area contributed by atoms with Crippen molar-refractivity contribution in [2.75, 3.05) is 6.54 Å². The molecule has 1 saturated carbocycles. The van der Waals surface area contributed by atoms with Gasteiger partial charge in [-0.2, -0.15) is 0 Å². The number of hydrogen-bond acceptors (Lipinski definition) is 2. The number of phenols is 1. The van der Waals surface area contributed by atoms with Crippen molar-refractivity contribution in [2.24, 2.45) is 5.73 Å². The Labute approximate surface area is 111 Å². The Morgan fingerprint density at radius 2 is 1.94 bits per heavy atom. The fourth-order valence-corrected chi connectivity index (χ4v) is 3.26. The van der Waals surface area contributed by atoms with Crippen LogP contribution in [0.4, 0.5) is 0 Å². The van der Waals surface area contributed by atoms with Crippen LogP contribution in [0.1, 0.15) is 43.2 Å². The number of rotatable bonds is 2. The highest BCUT2D eigenvalue weighted by molar-refractivity contribution is 9.10. The summed E-state index contributed by atoms with van der Waals surface area (Å²) in [6, 6.07) is 4.03. The third kappa shape index (κ3) is 2.36. The second-order valence-corrected chi connectivity index (χ2v) is 6.00. The summed E-state index contributed by atoms with van der Waals surface area (Å²) >= 11 is 3.52. The van der Waals surface area contributed by atoms with Gasteiger partial charge in [-0.3, -0.25) is 0 Å². The molecule has 1 aliphatic carbocycles. The monoisotopic (exact) mass is 297 g/mol. The standard InChI is InChI=1S/C14H20BrNO/c1-10-12(15)7-11(8-13(10)17)14(9-16)5-3-2-4-6-14/h7-8,17H,2-6,9,16H2,1H3. The quantitative estimate of drug-likeness (QED) is 0.876. The lowest BCUT2D eigenvalue weighted by atomic mass is 9.69. The molecule has 1 aliphatic rings. The molecule has 0 spiro atoms. The van der Waals surface area contributed by atoms with Crippen molar-refractivity contribution < 1.29 is 5.11 Å². The Morgan fingerprint density at radius 1 is 1.29 bits per heavy atom. The van der Waals surface area contributed by atoms with E-state index < -0.39 is 0 Å². The highest BCUT2D eigenvalue weighted by Gasteiger charge is 2.33. The van der Waals surface area contributed by atoms with E-state index in [2.05, 4.69) is 22.0 Å². The van der Waals surface area contributed by atoms with Crippen molar-refractivity contribution in [3.8, 4) is 5.75 Å². The number of nitrogens with two attached hydrogens (primary N) is 1. The summed E-state index contributed by atoms with van der Waals surface area (Å²) in [5.74, 6) is 0.368. The molecule has 0 radical (unpaired) electrons. The minimum Gasteiger partial charge on any atom is -0.508 e. The number of aromatic hydroxyl groups is 1. The Morgan fingerprint density at radius 3 is 2.47 bits per heavy atom. The van der Waals surface area contributed by atoms with Crippen molar-refractivity contribution in [3.63, 3.8) is 0 Å². The summed E-state index contributed by atoms with van der Waals surface area (Å²) in [7, 11) is 0. The predicted molar refractivity (Wildman–Crippen MR) is 74.4 cm³/mol. The van der Waals surface area contributed by atoms with Gasteiger partial charge in [0.25, 0.3) is 0 Å². The molecule has 0 aromatic heterocycles. The number of phenolic OH excluding ortho intramolecular Hbond substituents is 1. The zero-order valence-corrected chi connectivity index (χ0v) is 11.9. The first kappa shape index (κ1) is 12.9.